The second-order valence-electron chi connectivity index (χ2n) is 4.61. The lowest BCUT2D eigenvalue weighted by Crippen LogP contribution is -2.05. The molecule has 0 amide bonds. The van der Waals surface area contributed by atoms with Gasteiger partial charge in [0.25, 0.3) is 0 Å². The van der Waals surface area contributed by atoms with Crippen molar-refractivity contribution in [1.82, 2.24) is 14.5 Å². The molecule has 2 heterocycles. The number of hydrogen-bond donors (Lipinski definition) is 1. The van der Waals surface area contributed by atoms with E-state index in [2.05, 4.69) is 15.3 Å². The Hall–Kier alpha value is -2.08. The molecule has 0 aliphatic rings. The van der Waals surface area contributed by atoms with Crippen molar-refractivity contribution < 1.29 is 4.74 Å². The molecule has 3 aromatic rings. The molecule has 0 spiro atoms. The summed E-state index contributed by atoms with van der Waals surface area (Å²) < 4.78 is 7.22. The van der Waals surface area contributed by atoms with Crippen molar-refractivity contribution in [2.75, 3.05) is 12.8 Å². The zero-order valence-electron chi connectivity index (χ0n) is 11.5. The zero-order chi connectivity index (χ0) is 14.1. The van der Waals surface area contributed by atoms with Crippen LogP contribution in [0.4, 0.5) is 5.95 Å². The van der Waals surface area contributed by atoms with Crippen LogP contribution in [0.2, 0.25) is 0 Å². The molecule has 2 N–H and O–H groups in total. The number of hydrogen-bond acceptors (Lipinski definition) is 5. The Morgan fingerprint density at radius 1 is 1.35 bits per heavy atom. The molecule has 0 saturated heterocycles. The molecule has 2 aromatic heterocycles. The minimum atomic E-state index is 0.529. The van der Waals surface area contributed by atoms with Crippen molar-refractivity contribution in [3.05, 3.63) is 34.3 Å². The summed E-state index contributed by atoms with van der Waals surface area (Å²) in [6.45, 7) is 2.79. The fourth-order valence-electron chi connectivity index (χ4n) is 2.22. The van der Waals surface area contributed by atoms with Gasteiger partial charge < -0.3 is 15.0 Å². The number of thiazole rings is 1. The van der Waals surface area contributed by atoms with Crippen LogP contribution < -0.4 is 10.5 Å². The van der Waals surface area contributed by atoms with Crippen LogP contribution in [-0.2, 0) is 13.0 Å². The largest absolute Gasteiger partial charge is 0.497 e. The van der Waals surface area contributed by atoms with Crippen LogP contribution >= 0.6 is 11.3 Å². The molecular weight excluding hydrogens is 272 g/mol. The zero-order valence-corrected chi connectivity index (χ0v) is 12.3. The third-order valence-corrected chi connectivity index (χ3v) is 4.23. The molecule has 20 heavy (non-hydrogen) atoms. The Morgan fingerprint density at radius 2 is 2.20 bits per heavy atom. The van der Waals surface area contributed by atoms with Gasteiger partial charge in [0.15, 0.2) is 0 Å². The number of anilines is 1. The summed E-state index contributed by atoms with van der Waals surface area (Å²) in [4.78, 5) is 8.85. The highest BCUT2D eigenvalue weighted by molar-refractivity contribution is 7.09. The van der Waals surface area contributed by atoms with Crippen LogP contribution in [0.15, 0.2) is 23.6 Å². The van der Waals surface area contributed by atoms with Crippen LogP contribution in [0.5, 0.6) is 5.75 Å². The number of ether oxygens (including phenoxy) is 1. The van der Waals surface area contributed by atoms with Gasteiger partial charge >= 0.3 is 0 Å². The van der Waals surface area contributed by atoms with E-state index in [0.29, 0.717) is 5.95 Å². The summed E-state index contributed by atoms with van der Waals surface area (Å²) in [6.07, 6.45) is 0.861. The summed E-state index contributed by atoms with van der Waals surface area (Å²) in [5.41, 5.74) is 8.96. The van der Waals surface area contributed by atoms with E-state index in [-0.39, 0.29) is 0 Å². The van der Waals surface area contributed by atoms with Crippen molar-refractivity contribution in [3.8, 4) is 5.75 Å². The van der Waals surface area contributed by atoms with Gasteiger partial charge in [-0.15, -0.1) is 11.3 Å². The second kappa shape index (κ2) is 5.13. The van der Waals surface area contributed by atoms with Crippen LogP contribution in [0, 0.1) is 6.92 Å². The number of methoxy groups -OCH3 is 1. The predicted molar refractivity (Wildman–Crippen MR) is 81.3 cm³/mol. The van der Waals surface area contributed by atoms with Crippen molar-refractivity contribution >= 4 is 28.3 Å². The van der Waals surface area contributed by atoms with Crippen LogP contribution in [-0.4, -0.2) is 21.6 Å². The first-order chi connectivity index (χ1) is 9.67. The summed E-state index contributed by atoms with van der Waals surface area (Å²) >= 11 is 1.68. The first-order valence-electron chi connectivity index (χ1n) is 6.38. The number of fused-ring (bicyclic) bond motifs is 1. The van der Waals surface area contributed by atoms with Gasteiger partial charge in [-0.05, 0) is 19.1 Å². The highest BCUT2D eigenvalue weighted by Gasteiger charge is 2.10. The quantitative estimate of drug-likeness (QED) is 0.801. The number of nitrogens with two attached hydrogens (primary N) is 1. The van der Waals surface area contributed by atoms with Crippen molar-refractivity contribution in [1.29, 1.82) is 0 Å². The molecule has 0 saturated carbocycles. The van der Waals surface area contributed by atoms with Gasteiger partial charge in [0, 0.05) is 30.1 Å². The number of aryl methyl sites for hydroxylation is 3. The smallest absolute Gasteiger partial charge is 0.201 e. The van der Waals surface area contributed by atoms with E-state index in [0.717, 1.165) is 40.5 Å². The first kappa shape index (κ1) is 12.9. The fourth-order valence-corrected chi connectivity index (χ4v) is 2.98. The van der Waals surface area contributed by atoms with E-state index in [1.165, 1.54) is 0 Å². The Morgan fingerprint density at radius 3 is 2.90 bits per heavy atom. The lowest BCUT2D eigenvalue weighted by atomic mass is 10.3. The standard InChI is InChI=1S/C14H16N4OS/c1-9-8-20-13(16-9)5-6-18-12-4-3-10(19-2)7-11(12)17-14(18)15/h3-4,7-8H,5-6H2,1-2H3,(H2,15,17). The van der Waals surface area contributed by atoms with Crippen molar-refractivity contribution in [2.45, 2.75) is 19.9 Å². The van der Waals surface area contributed by atoms with Crippen molar-refractivity contribution in [3.63, 3.8) is 0 Å². The average molecular weight is 288 g/mol. The number of rotatable bonds is 4. The summed E-state index contributed by atoms with van der Waals surface area (Å²) in [5.74, 6) is 1.32. The molecule has 0 bridgehead atoms. The lowest BCUT2D eigenvalue weighted by Gasteiger charge is -2.05. The van der Waals surface area contributed by atoms with Gasteiger partial charge in [-0.3, -0.25) is 0 Å². The maximum Gasteiger partial charge on any atom is 0.201 e. The molecule has 0 atom stereocenters. The maximum absolute atomic E-state index is 6.01. The van der Waals surface area contributed by atoms with Gasteiger partial charge in [0.1, 0.15) is 5.75 Å². The number of nitrogens with zero attached hydrogens (tertiary/aromatic N) is 3. The molecule has 6 heteroatoms. The highest BCUT2D eigenvalue weighted by atomic mass is 32.1. The average Bonchev–Trinajstić information content (AvgIpc) is 2.98. The van der Waals surface area contributed by atoms with Gasteiger partial charge in [0.05, 0.1) is 23.2 Å². The molecule has 0 aliphatic heterocycles. The number of nitrogen functional groups attached to an aromatic ring is 1. The molecule has 0 unspecified atom stereocenters. The van der Waals surface area contributed by atoms with Gasteiger partial charge in [-0.1, -0.05) is 0 Å². The van der Waals surface area contributed by atoms with Crippen LogP contribution in [0.25, 0.3) is 11.0 Å². The third-order valence-electron chi connectivity index (χ3n) is 3.20. The van der Waals surface area contributed by atoms with E-state index < -0.39 is 0 Å². The number of benzene rings is 1. The van der Waals surface area contributed by atoms with Crippen molar-refractivity contribution in [2.24, 2.45) is 0 Å². The second-order valence-corrected chi connectivity index (χ2v) is 5.55. The normalized spacial score (nSPS) is 11.1. The Kier molecular flexibility index (Phi) is 3.31. The molecule has 0 fully saturated rings. The van der Waals surface area contributed by atoms with Crippen LogP contribution in [0.1, 0.15) is 10.7 Å². The molecule has 0 radical (unpaired) electrons. The molecule has 104 valence electrons. The minimum Gasteiger partial charge on any atom is -0.497 e. The third kappa shape index (κ3) is 2.34. The molecule has 5 nitrogen and oxygen atoms in total. The highest BCUT2D eigenvalue weighted by Crippen LogP contribution is 2.23. The lowest BCUT2D eigenvalue weighted by molar-refractivity contribution is 0.415. The summed E-state index contributed by atoms with van der Waals surface area (Å²) in [5, 5.41) is 3.19. The summed E-state index contributed by atoms with van der Waals surface area (Å²) in [6, 6.07) is 5.81. The fraction of sp³-hybridized carbons (Fsp3) is 0.286. The first-order valence-corrected chi connectivity index (χ1v) is 7.26. The van der Waals surface area contributed by atoms with E-state index in [1.54, 1.807) is 18.4 Å². The Bertz CT molecular complexity index is 747. The Labute approximate surface area is 121 Å². The number of imidazole rings is 1. The topological polar surface area (TPSA) is 66.0 Å². The van der Waals surface area contributed by atoms with E-state index in [4.69, 9.17) is 10.5 Å². The molecular formula is C14H16N4OS. The maximum atomic E-state index is 6.01. The van der Waals surface area contributed by atoms with Gasteiger partial charge in [0.2, 0.25) is 5.95 Å². The molecule has 3 rings (SSSR count). The Balaban J connectivity index is 1.89. The van der Waals surface area contributed by atoms with E-state index >= 15 is 0 Å². The summed E-state index contributed by atoms with van der Waals surface area (Å²) in [7, 11) is 1.65. The minimum absolute atomic E-state index is 0.529. The predicted octanol–water partition coefficient (Wildman–Crippen LogP) is 2.63. The van der Waals surface area contributed by atoms with E-state index in [9.17, 15) is 0 Å². The molecule has 0 aliphatic carbocycles. The SMILES string of the molecule is COc1ccc2c(c1)nc(N)n2CCc1nc(C)cs1. The van der Waals surface area contributed by atoms with Gasteiger partial charge in [-0.2, -0.15) is 0 Å². The van der Waals surface area contributed by atoms with Crippen LogP contribution in [0.3, 0.4) is 0 Å². The van der Waals surface area contributed by atoms with Gasteiger partial charge in [-0.25, -0.2) is 9.97 Å². The number of aromatic nitrogens is 3. The van der Waals surface area contributed by atoms with E-state index in [1.807, 2.05) is 29.7 Å². The monoisotopic (exact) mass is 288 g/mol. The molecule has 1 aromatic carbocycles.